The minimum absolute atomic E-state index is 0.529. The van der Waals surface area contributed by atoms with Gasteiger partial charge in [-0.25, -0.2) is 4.98 Å². The largest absolute Gasteiger partial charge is 0.308 e. The van der Waals surface area contributed by atoms with Gasteiger partial charge in [-0.1, -0.05) is 20.8 Å². The van der Waals surface area contributed by atoms with E-state index in [1.54, 1.807) is 11.3 Å². The van der Waals surface area contributed by atoms with E-state index in [1.165, 1.54) is 30.2 Å². The Morgan fingerprint density at radius 3 is 3.06 bits per heavy atom. The van der Waals surface area contributed by atoms with E-state index in [2.05, 4.69) is 41.4 Å². The minimum Gasteiger partial charge on any atom is -0.308 e. The Hall–Kier alpha value is -0.450. The summed E-state index contributed by atoms with van der Waals surface area (Å²) in [6.45, 7) is 11.1. The van der Waals surface area contributed by atoms with E-state index >= 15 is 0 Å². The second-order valence-electron chi connectivity index (χ2n) is 5.40. The molecule has 0 spiro atoms. The van der Waals surface area contributed by atoms with Crippen LogP contribution < -0.4 is 5.32 Å². The fraction of sp³-hybridized carbons (Fsp3) is 0.769. The van der Waals surface area contributed by atoms with Gasteiger partial charge in [-0.05, 0) is 18.9 Å². The van der Waals surface area contributed by atoms with Gasteiger partial charge in [0, 0.05) is 31.1 Å². The molecule has 1 aliphatic heterocycles. The van der Waals surface area contributed by atoms with Crippen LogP contribution in [-0.4, -0.2) is 29.0 Å². The Morgan fingerprint density at radius 1 is 1.59 bits per heavy atom. The first-order valence-corrected chi connectivity index (χ1v) is 7.40. The van der Waals surface area contributed by atoms with E-state index in [1.807, 2.05) is 0 Å². The molecule has 3 nitrogen and oxygen atoms in total. The number of thiazole rings is 1. The van der Waals surface area contributed by atoms with Gasteiger partial charge in [0.05, 0.1) is 5.69 Å². The standard InChI is InChI=1S/C13H23N3S/c1-10(2)14-6-13-15-12(9-17-13)8-16-5-4-11(3)7-16/h9-11,14H,4-8H2,1-3H3. The Bertz CT molecular complexity index is 348. The lowest BCUT2D eigenvalue weighted by Crippen LogP contribution is -2.22. The van der Waals surface area contributed by atoms with Crippen LogP contribution in [-0.2, 0) is 13.1 Å². The number of likely N-dealkylation sites (tertiary alicyclic amines) is 1. The van der Waals surface area contributed by atoms with Crippen LogP contribution in [0.15, 0.2) is 5.38 Å². The van der Waals surface area contributed by atoms with Crippen LogP contribution >= 0.6 is 11.3 Å². The molecule has 0 bridgehead atoms. The van der Waals surface area contributed by atoms with Crippen LogP contribution in [0.3, 0.4) is 0 Å². The van der Waals surface area contributed by atoms with Crippen LogP contribution in [0.5, 0.6) is 0 Å². The topological polar surface area (TPSA) is 28.2 Å². The van der Waals surface area contributed by atoms with Crippen molar-refractivity contribution in [3.63, 3.8) is 0 Å². The van der Waals surface area contributed by atoms with Crippen molar-refractivity contribution in [2.45, 2.75) is 46.3 Å². The number of nitrogens with one attached hydrogen (secondary N) is 1. The van der Waals surface area contributed by atoms with E-state index < -0.39 is 0 Å². The van der Waals surface area contributed by atoms with E-state index in [-0.39, 0.29) is 0 Å². The second kappa shape index (κ2) is 5.94. The van der Waals surface area contributed by atoms with Gasteiger partial charge in [0.1, 0.15) is 5.01 Å². The van der Waals surface area contributed by atoms with Gasteiger partial charge < -0.3 is 5.32 Å². The van der Waals surface area contributed by atoms with Crippen molar-refractivity contribution >= 4 is 11.3 Å². The molecular weight excluding hydrogens is 230 g/mol. The van der Waals surface area contributed by atoms with Gasteiger partial charge in [0.15, 0.2) is 0 Å². The van der Waals surface area contributed by atoms with Gasteiger partial charge in [0.25, 0.3) is 0 Å². The van der Waals surface area contributed by atoms with Crippen molar-refractivity contribution in [2.75, 3.05) is 13.1 Å². The molecule has 0 radical (unpaired) electrons. The predicted octanol–water partition coefficient (Wildman–Crippen LogP) is 2.48. The molecule has 0 aliphatic carbocycles. The molecule has 17 heavy (non-hydrogen) atoms. The van der Waals surface area contributed by atoms with Crippen molar-refractivity contribution < 1.29 is 0 Å². The summed E-state index contributed by atoms with van der Waals surface area (Å²) in [4.78, 5) is 7.20. The first-order chi connectivity index (χ1) is 8.13. The molecule has 1 aliphatic rings. The smallest absolute Gasteiger partial charge is 0.107 e. The molecule has 2 heterocycles. The second-order valence-corrected chi connectivity index (χ2v) is 6.34. The Balaban J connectivity index is 1.81. The fourth-order valence-electron chi connectivity index (χ4n) is 2.19. The summed E-state index contributed by atoms with van der Waals surface area (Å²) >= 11 is 1.78. The lowest BCUT2D eigenvalue weighted by Gasteiger charge is -2.12. The monoisotopic (exact) mass is 253 g/mol. The number of hydrogen-bond acceptors (Lipinski definition) is 4. The zero-order chi connectivity index (χ0) is 12.3. The molecule has 1 aromatic heterocycles. The third-order valence-corrected chi connectivity index (χ3v) is 4.05. The molecule has 1 aromatic rings. The Labute approximate surface area is 108 Å². The van der Waals surface area contributed by atoms with Gasteiger partial charge in [-0.15, -0.1) is 11.3 Å². The molecule has 4 heteroatoms. The molecular formula is C13H23N3S. The lowest BCUT2D eigenvalue weighted by atomic mass is 10.2. The summed E-state index contributed by atoms with van der Waals surface area (Å²) in [5.41, 5.74) is 1.24. The Morgan fingerprint density at radius 2 is 2.41 bits per heavy atom. The molecule has 96 valence electrons. The summed E-state index contributed by atoms with van der Waals surface area (Å²) in [6, 6.07) is 0.529. The highest BCUT2D eigenvalue weighted by Gasteiger charge is 2.19. The maximum atomic E-state index is 4.69. The summed E-state index contributed by atoms with van der Waals surface area (Å²) < 4.78 is 0. The molecule has 1 atom stereocenters. The molecule has 0 aromatic carbocycles. The van der Waals surface area contributed by atoms with Gasteiger partial charge in [0.2, 0.25) is 0 Å². The number of rotatable bonds is 5. The maximum Gasteiger partial charge on any atom is 0.107 e. The summed E-state index contributed by atoms with van der Waals surface area (Å²) in [5.74, 6) is 0.857. The third-order valence-electron chi connectivity index (χ3n) is 3.15. The highest BCUT2D eigenvalue weighted by molar-refractivity contribution is 7.09. The van der Waals surface area contributed by atoms with E-state index in [0.29, 0.717) is 6.04 Å². The average molecular weight is 253 g/mol. The van der Waals surface area contributed by atoms with Crippen LogP contribution in [0.1, 0.15) is 37.9 Å². The van der Waals surface area contributed by atoms with E-state index in [0.717, 1.165) is 19.0 Å². The fourth-order valence-corrected chi connectivity index (χ4v) is 2.93. The van der Waals surface area contributed by atoms with Gasteiger partial charge in [-0.3, -0.25) is 4.90 Å². The SMILES string of the molecule is CC1CCN(Cc2csc(CNC(C)C)n2)C1. The van der Waals surface area contributed by atoms with Gasteiger partial charge >= 0.3 is 0 Å². The maximum absolute atomic E-state index is 4.69. The highest BCUT2D eigenvalue weighted by Crippen LogP contribution is 2.19. The molecule has 0 saturated carbocycles. The van der Waals surface area contributed by atoms with Crippen molar-refractivity contribution in [2.24, 2.45) is 5.92 Å². The number of aromatic nitrogens is 1. The average Bonchev–Trinajstić information content (AvgIpc) is 2.86. The zero-order valence-corrected chi connectivity index (χ0v) is 11.9. The van der Waals surface area contributed by atoms with Crippen molar-refractivity contribution in [3.05, 3.63) is 16.1 Å². The van der Waals surface area contributed by atoms with Crippen LogP contribution in [0, 0.1) is 5.92 Å². The zero-order valence-electron chi connectivity index (χ0n) is 11.1. The lowest BCUT2D eigenvalue weighted by molar-refractivity contribution is 0.317. The summed E-state index contributed by atoms with van der Waals surface area (Å²) in [7, 11) is 0. The number of hydrogen-bond donors (Lipinski definition) is 1. The van der Waals surface area contributed by atoms with Crippen LogP contribution in [0.4, 0.5) is 0 Å². The van der Waals surface area contributed by atoms with Crippen molar-refractivity contribution in [1.82, 2.24) is 15.2 Å². The normalized spacial score (nSPS) is 21.5. The first-order valence-electron chi connectivity index (χ1n) is 6.52. The first kappa shape index (κ1) is 13.0. The van der Waals surface area contributed by atoms with Crippen LogP contribution in [0.2, 0.25) is 0 Å². The van der Waals surface area contributed by atoms with E-state index in [9.17, 15) is 0 Å². The quantitative estimate of drug-likeness (QED) is 0.874. The van der Waals surface area contributed by atoms with Crippen molar-refractivity contribution in [3.8, 4) is 0 Å². The molecule has 0 amide bonds. The predicted molar refractivity (Wildman–Crippen MR) is 73.1 cm³/mol. The summed E-state index contributed by atoms with van der Waals surface area (Å²) in [5, 5.41) is 6.83. The van der Waals surface area contributed by atoms with Crippen LogP contribution in [0.25, 0.3) is 0 Å². The number of nitrogens with zero attached hydrogens (tertiary/aromatic N) is 2. The molecule has 1 unspecified atom stereocenters. The molecule has 1 fully saturated rings. The van der Waals surface area contributed by atoms with Crippen molar-refractivity contribution in [1.29, 1.82) is 0 Å². The third kappa shape index (κ3) is 4.05. The van der Waals surface area contributed by atoms with E-state index in [4.69, 9.17) is 0 Å². The minimum atomic E-state index is 0.529. The van der Waals surface area contributed by atoms with Gasteiger partial charge in [-0.2, -0.15) is 0 Å². The molecule has 2 rings (SSSR count). The molecule has 1 N–H and O–H groups in total. The molecule has 1 saturated heterocycles. The summed E-state index contributed by atoms with van der Waals surface area (Å²) in [6.07, 6.45) is 1.34. The highest BCUT2D eigenvalue weighted by atomic mass is 32.1. The Kier molecular flexibility index (Phi) is 4.54.